The maximum absolute atomic E-state index is 10.5. The van der Waals surface area contributed by atoms with E-state index in [2.05, 4.69) is 31.9 Å². The lowest BCUT2D eigenvalue weighted by Gasteiger charge is -1.99. The highest BCUT2D eigenvalue weighted by molar-refractivity contribution is 9.18. The van der Waals surface area contributed by atoms with Gasteiger partial charge in [-0.3, -0.25) is 9.59 Å². The Morgan fingerprint density at radius 1 is 0.643 bits per heavy atom. The molecule has 0 unspecified atom stereocenters. The second-order valence-electron chi connectivity index (χ2n) is 3.33. The minimum atomic E-state index is 0.0994. The average Bonchev–Trinajstić information content (AvgIpc) is 2.08. The largest absolute Gasteiger partial charge is 0.287 e. The van der Waals surface area contributed by atoms with Crippen LogP contribution in [0.25, 0.3) is 0 Å². The first-order valence-corrected chi connectivity index (χ1v) is 6.58. The average molecular weight is 328 g/mol. The van der Waals surface area contributed by atoms with Crippen molar-refractivity contribution in [3.63, 3.8) is 0 Å². The van der Waals surface area contributed by atoms with Crippen molar-refractivity contribution in [2.45, 2.75) is 51.4 Å². The van der Waals surface area contributed by atoms with Gasteiger partial charge in [0.1, 0.15) is 0 Å². The summed E-state index contributed by atoms with van der Waals surface area (Å²) in [5, 5.41) is 0. The second-order valence-corrected chi connectivity index (χ2v) is 5.10. The third kappa shape index (κ3) is 12.3. The van der Waals surface area contributed by atoms with Crippen LogP contribution < -0.4 is 0 Å². The van der Waals surface area contributed by atoms with E-state index >= 15 is 0 Å². The summed E-state index contributed by atoms with van der Waals surface area (Å²) >= 11 is 5.81. The fourth-order valence-corrected chi connectivity index (χ4v) is 1.80. The van der Waals surface area contributed by atoms with E-state index < -0.39 is 0 Å². The molecule has 0 aliphatic rings. The van der Waals surface area contributed by atoms with Gasteiger partial charge in [0.25, 0.3) is 0 Å². The zero-order chi connectivity index (χ0) is 10.8. The molecule has 0 amide bonds. The Morgan fingerprint density at radius 2 is 0.929 bits per heavy atom. The second kappa shape index (κ2) is 9.84. The summed E-state index contributed by atoms with van der Waals surface area (Å²) in [6.07, 6.45) is 7.77. The zero-order valence-electron chi connectivity index (χ0n) is 8.23. The highest BCUT2D eigenvalue weighted by atomic mass is 79.9. The van der Waals surface area contributed by atoms with Gasteiger partial charge in [-0.05, 0) is 44.7 Å². The maximum atomic E-state index is 10.5. The van der Waals surface area contributed by atoms with Gasteiger partial charge >= 0.3 is 0 Å². The molecule has 0 aromatic carbocycles. The van der Waals surface area contributed by atoms with Gasteiger partial charge in [-0.1, -0.05) is 25.7 Å². The van der Waals surface area contributed by atoms with Gasteiger partial charge in [-0.15, -0.1) is 0 Å². The molecule has 82 valence electrons. The first-order valence-electron chi connectivity index (χ1n) is 4.99. The lowest BCUT2D eigenvalue weighted by Crippen LogP contribution is -1.87. The topological polar surface area (TPSA) is 34.1 Å². The number of carbonyl (C=O) groups is 2. The van der Waals surface area contributed by atoms with Crippen molar-refractivity contribution in [1.29, 1.82) is 0 Å². The van der Waals surface area contributed by atoms with Crippen LogP contribution in [-0.4, -0.2) is 9.39 Å². The van der Waals surface area contributed by atoms with Gasteiger partial charge in [0.15, 0.2) is 9.39 Å². The Hall–Kier alpha value is 0.300. The lowest BCUT2D eigenvalue weighted by atomic mass is 10.1. The van der Waals surface area contributed by atoms with Gasteiger partial charge in [-0.25, -0.2) is 0 Å². The number of carbonyl (C=O) groups excluding carboxylic acids is 2. The zero-order valence-corrected chi connectivity index (χ0v) is 11.4. The van der Waals surface area contributed by atoms with Crippen molar-refractivity contribution < 1.29 is 9.59 Å². The summed E-state index contributed by atoms with van der Waals surface area (Å²) in [5.74, 6) is 0. The minimum Gasteiger partial charge on any atom is -0.287 e. The molecule has 4 heteroatoms. The van der Waals surface area contributed by atoms with Crippen LogP contribution in [0.1, 0.15) is 51.4 Å². The molecule has 14 heavy (non-hydrogen) atoms. The molecule has 0 radical (unpaired) electrons. The van der Waals surface area contributed by atoms with Crippen LogP contribution in [-0.2, 0) is 9.59 Å². The SMILES string of the molecule is O=C(Br)CCCCCCCCC(=O)Br. The highest BCUT2D eigenvalue weighted by Gasteiger charge is 1.97. The molecule has 0 bridgehead atoms. The van der Waals surface area contributed by atoms with Crippen molar-refractivity contribution in [2.75, 3.05) is 0 Å². The first-order chi connectivity index (χ1) is 6.63. The molecule has 0 saturated carbocycles. The Bertz CT molecular complexity index is 161. The predicted molar refractivity (Wildman–Crippen MR) is 64.8 cm³/mol. The van der Waals surface area contributed by atoms with Gasteiger partial charge in [0.05, 0.1) is 0 Å². The molecule has 0 heterocycles. The summed E-state index contributed by atoms with van der Waals surface area (Å²) in [6, 6.07) is 0. The number of hydrogen-bond donors (Lipinski definition) is 0. The molecule has 0 atom stereocenters. The monoisotopic (exact) mass is 326 g/mol. The van der Waals surface area contributed by atoms with Crippen molar-refractivity contribution >= 4 is 41.2 Å². The predicted octanol–water partition coefficient (Wildman–Crippen LogP) is 3.95. The van der Waals surface area contributed by atoms with E-state index in [0.29, 0.717) is 12.8 Å². The van der Waals surface area contributed by atoms with E-state index in [-0.39, 0.29) is 9.39 Å². The number of hydrogen-bond acceptors (Lipinski definition) is 2. The Morgan fingerprint density at radius 3 is 1.21 bits per heavy atom. The maximum Gasteiger partial charge on any atom is 0.197 e. The summed E-state index contributed by atoms with van der Waals surface area (Å²) in [6.45, 7) is 0. The van der Waals surface area contributed by atoms with Crippen LogP contribution in [0.5, 0.6) is 0 Å². The van der Waals surface area contributed by atoms with Crippen LogP contribution in [0.2, 0.25) is 0 Å². The van der Waals surface area contributed by atoms with E-state index in [1.54, 1.807) is 0 Å². The van der Waals surface area contributed by atoms with Crippen LogP contribution in [0, 0.1) is 0 Å². The molecule has 2 nitrogen and oxygen atoms in total. The Labute approximate surface area is 102 Å². The first kappa shape index (κ1) is 14.3. The summed E-state index contributed by atoms with van der Waals surface area (Å²) in [7, 11) is 0. The van der Waals surface area contributed by atoms with Crippen molar-refractivity contribution in [3.05, 3.63) is 0 Å². The van der Waals surface area contributed by atoms with Gasteiger partial charge in [0, 0.05) is 12.8 Å². The van der Waals surface area contributed by atoms with Crippen LogP contribution in [0.15, 0.2) is 0 Å². The van der Waals surface area contributed by atoms with Crippen molar-refractivity contribution in [2.24, 2.45) is 0 Å². The molecule has 0 saturated heterocycles. The smallest absolute Gasteiger partial charge is 0.197 e. The molecule has 0 rings (SSSR count). The van der Waals surface area contributed by atoms with Gasteiger partial charge < -0.3 is 0 Å². The quantitative estimate of drug-likeness (QED) is 0.474. The number of rotatable bonds is 9. The molecular formula is C10H16Br2O2. The molecule has 0 aromatic rings. The molecule has 0 spiro atoms. The fraction of sp³-hybridized carbons (Fsp3) is 0.800. The normalized spacial score (nSPS) is 10.1. The molecule has 0 aliphatic carbocycles. The van der Waals surface area contributed by atoms with Crippen molar-refractivity contribution in [1.82, 2.24) is 0 Å². The van der Waals surface area contributed by atoms with E-state index in [1.807, 2.05) is 0 Å². The van der Waals surface area contributed by atoms with Crippen LogP contribution >= 0.6 is 31.9 Å². The van der Waals surface area contributed by atoms with E-state index in [0.717, 1.165) is 38.5 Å². The third-order valence-electron chi connectivity index (χ3n) is 2.00. The van der Waals surface area contributed by atoms with E-state index in [1.165, 1.54) is 0 Å². The summed E-state index contributed by atoms with van der Waals surface area (Å²) in [5.41, 5.74) is 0. The highest BCUT2D eigenvalue weighted by Crippen LogP contribution is 2.10. The molecule has 0 fully saturated rings. The molecule has 0 aliphatic heterocycles. The molecule has 0 aromatic heterocycles. The summed E-state index contributed by atoms with van der Waals surface area (Å²) in [4.78, 5) is 21.1. The number of halogens is 2. The number of unbranched alkanes of at least 4 members (excludes halogenated alkanes) is 5. The minimum absolute atomic E-state index is 0.0994. The fourth-order valence-electron chi connectivity index (χ4n) is 1.24. The standard InChI is InChI=1S/C10H16Br2O2/c11-9(13)7-5-3-1-2-4-6-8-10(12)14/h1-8H2. The molecular weight excluding hydrogens is 312 g/mol. The van der Waals surface area contributed by atoms with Crippen LogP contribution in [0.4, 0.5) is 0 Å². The summed E-state index contributed by atoms with van der Waals surface area (Å²) < 4.78 is 0.199. The Balaban J connectivity index is 2.99. The Kier molecular flexibility index (Phi) is 10.1. The van der Waals surface area contributed by atoms with Gasteiger partial charge in [-0.2, -0.15) is 0 Å². The molecule has 0 N–H and O–H groups in total. The lowest BCUT2D eigenvalue weighted by molar-refractivity contribution is -0.111. The van der Waals surface area contributed by atoms with E-state index in [4.69, 9.17) is 0 Å². The third-order valence-corrected chi connectivity index (χ3v) is 2.79. The van der Waals surface area contributed by atoms with Gasteiger partial charge in [0.2, 0.25) is 0 Å². The van der Waals surface area contributed by atoms with E-state index in [9.17, 15) is 9.59 Å². The van der Waals surface area contributed by atoms with Crippen molar-refractivity contribution in [3.8, 4) is 0 Å². The van der Waals surface area contributed by atoms with Crippen LogP contribution in [0.3, 0.4) is 0 Å².